The summed E-state index contributed by atoms with van der Waals surface area (Å²) in [6.45, 7) is 0. The second-order valence-electron chi connectivity index (χ2n) is 5.24. The minimum absolute atomic E-state index is 0.0498. The summed E-state index contributed by atoms with van der Waals surface area (Å²) in [5, 5.41) is 11.5. The van der Waals surface area contributed by atoms with Crippen molar-refractivity contribution >= 4 is 11.9 Å². The number of rotatable bonds is 6. The molecule has 1 aromatic rings. The zero-order chi connectivity index (χ0) is 15.4. The fourth-order valence-electron chi connectivity index (χ4n) is 2.36. The molecule has 2 rings (SSSR count). The van der Waals surface area contributed by atoms with E-state index in [4.69, 9.17) is 9.84 Å². The first-order valence-corrected chi connectivity index (χ1v) is 6.84. The van der Waals surface area contributed by atoms with Crippen molar-refractivity contribution in [3.05, 3.63) is 29.6 Å². The monoisotopic (exact) mass is 295 g/mol. The third-order valence-electron chi connectivity index (χ3n) is 3.71. The van der Waals surface area contributed by atoms with Crippen molar-refractivity contribution in [2.45, 2.75) is 31.7 Å². The van der Waals surface area contributed by atoms with Crippen LogP contribution >= 0.6 is 0 Å². The molecule has 1 aliphatic carbocycles. The Labute approximate surface area is 122 Å². The summed E-state index contributed by atoms with van der Waals surface area (Å²) in [5.41, 5.74) is 0.723. The van der Waals surface area contributed by atoms with Gasteiger partial charge in [0.15, 0.2) is 11.6 Å². The molecule has 1 fully saturated rings. The normalized spacial score (nSPS) is 20.5. The van der Waals surface area contributed by atoms with Gasteiger partial charge in [-0.15, -0.1) is 0 Å². The fourth-order valence-corrected chi connectivity index (χ4v) is 2.36. The van der Waals surface area contributed by atoms with E-state index in [9.17, 15) is 14.0 Å². The van der Waals surface area contributed by atoms with Crippen LogP contribution in [0, 0.1) is 11.7 Å². The SMILES string of the molecule is COc1ccc(CCC(=O)NC2CC(C(=O)O)C2)cc1F. The number of hydrogen-bond donors (Lipinski definition) is 2. The van der Waals surface area contributed by atoms with E-state index < -0.39 is 11.8 Å². The fraction of sp³-hybridized carbons (Fsp3) is 0.467. The first-order valence-electron chi connectivity index (χ1n) is 6.84. The van der Waals surface area contributed by atoms with Gasteiger partial charge in [0, 0.05) is 12.5 Å². The molecule has 0 heterocycles. The number of aryl methyl sites for hydroxylation is 1. The van der Waals surface area contributed by atoms with Crippen LogP contribution in [0.2, 0.25) is 0 Å². The van der Waals surface area contributed by atoms with Crippen LogP contribution in [0.1, 0.15) is 24.8 Å². The van der Waals surface area contributed by atoms with E-state index in [0.29, 0.717) is 19.3 Å². The molecule has 6 heteroatoms. The number of aliphatic carboxylic acids is 1. The average Bonchev–Trinajstić information content (AvgIpc) is 2.39. The zero-order valence-corrected chi connectivity index (χ0v) is 11.8. The van der Waals surface area contributed by atoms with Gasteiger partial charge in [-0.2, -0.15) is 0 Å². The Balaban J connectivity index is 1.74. The lowest BCUT2D eigenvalue weighted by Crippen LogP contribution is -2.46. The van der Waals surface area contributed by atoms with Gasteiger partial charge in [-0.1, -0.05) is 6.07 Å². The Morgan fingerprint density at radius 3 is 2.71 bits per heavy atom. The van der Waals surface area contributed by atoms with Crippen molar-refractivity contribution < 1.29 is 23.8 Å². The number of hydrogen-bond acceptors (Lipinski definition) is 3. The van der Waals surface area contributed by atoms with Crippen LogP contribution in [0.15, 0.2) is 18.2 Å². The molecule has 0 aromatic heterocycles. The van der Waals surface area contributed by atoms with Gasteiger partial charge in [-0.25, -0.2) is 4.39 Å². The number of carbonyl (C=O) groups is 2. The summed E-state index contributed by atoms with van der Waals surface area (Å²) < 4.78 is 18.3. The third kappa shape index (κ3) is 3.93. The molecule has 0 atom stereocenters. The number of nitrogens with one attached hydrogen (secondary N) is 1. The Bertz CT molecular complexity index is 540. The Kier molecular flexibility index (Phi) is 4.77. The predicted molar refractivity (Wildman–Crippen MR) is 73.6 cm³/mol. The highest BCUT2D eigenvalue weighted by Crippen LogP contribution is 2.27. The van der Waals surface area contributed by atoms with Crippen molar-refractivity contribution in [3.8, 4) is 5.75 Å². The van der Waals surface area contributed by atoms with Gasteiger partial charge >= 0.3 is 5.97 Å². The molecule has 114 valence electrons. The first kappa shape index (κ1) is 15.3. The van der Waals surface area contributed by atoms with Crippen LogP contribution < -0.4 is 10.1 Å². The summed E-state index contributed by atoms with van der Waals surface area (Å²) >= 11 is 0. The van der Waals surface area contributed by atoms with Crippen LogP contribution in [-0.2, 0) is 16.0 Å². The van der Waals surface area contributed by atoms with Crippen molar-refractivity contribution in [1.29, 1.82) is 0 Å². The number of carbonyl (C=O) groups excluding carboxylic acids is 1. The summed E-state index contributed by atoms with van der Waals surface area (Å²) in [7, 11) is 1.40. The van der Waals surface area contributed by atoms with Crippen LogP contribution in [0.3, 0.4) is 0 Å². The molecule has 21 heavy (non-hydrogen) atoms. The standard InChI is InChI=1S/C15H18FNO4/c1-21-13-4-2-9(6-12(13)16)3-5-14(18)17-11-7-10(8-11)15(19)20/h2,4,6,10-11H,3,5,7-8H2,1H3,(H,17,18)(H,19,20). The molecule has 1 amide bonds. The molecule has 0 unspecified atom stereocenters. The molecule has 0 radical (unpaired) electrons. The summed E-state index contributed by atoms with van der Waals surface area (Å²) in [6.07, 6.45) is 1.65. The van der Waals surface area contributed by atoms with Gasteiger partial charge in [0.05, 0.1) is 13.0 Å². The van der Waals surface area contributed by atoms with Gasteiger partial charge in [0.25, 0.3) is 0 Å². The van der Waals surface area contributed by atoms with Gasteiger partial charge in [0.1, 0.15) is 0 Å². The van der Waals surface area contributed by atoms with E-state index in [-0.39, 0.29) is 30.0 Å². The van der Waals surface area contributed by atoms with Crippen LogP contribution in [-0.4, -0.2) is 30.1 Å². The Morgan fingerprint density at radius 2 is 2.14 bits per heavy atom. The van der Waals surface area contributed by atoms with Crippen LogP contribution in [0.5, 0.6) is 5.75 Å². The molecular formula is C15H18FNO4. The maximum atomic E-state index is 13.5. The molecule has 0 bridgehead atoms. The number of methoxy groups -OCH3 is 1. The Hall–Kier alpha value is -2.11. The summed E-state index contributed by atoms with van der Waals surface area (Å²) in [6, 6.07) is 4.56. The van der Waals surface area contributed by atoms with Gasteiger partial charge in [-0.05, 0) is 37.0 Å². The molecule has 0 spiro atoms. The number of carboxylic acids is 1. The number of halogens is 1. The molecule has 0 saturated heterocycles. The number of ether oxygens (including phenoxy) is 1. The zero-order valence-electron chi connectivity index (χ0n) is 11.8. The van der Waals surface area contributed by atoms with E-state index >= 15 is 0 Å². The maximum absolute atomic E-state index is 13.5. The summed E-state index contributed by atoms with van der Waals surface area (Å²) in [4.78, 5) is 22.4. The van der Waals surface area contributed by atoms with Crippen molar-refractivity contribution in [3.63, 3.8) is 0 Å². The van der Waals surface area contributed by atoms with E-state index in [2.05, 4.69) is 5.32 Å². The lowest BCUT2D eigenvalue weighted by atomic mass is 9.80. The van der Waals surface area contributed by atoms with Crippen LogP contribution in [0.4, 0.5) is 4.39 Å². The topological polar surface area (TPSA) is 75.6 Å². The van der Waals surface area contributed by atoms with E-state index in [0.717, 1.165) is 5.56 Å². The first-order chi connectivity index (χ1) is 9.99. The molecule has 1 aliphatic rings. The minimum atomic E-state index is -0.811. The molecule has 1 aromatic carbocycles. The highest BCUT2D eigenvalue weighted by molar-refractivity contribution is 5.77. The number of amides is 1. The minimum Gasteiger partial charge on any atom is -0.494 e. The number of benzene rings is 1. The lowest BCUT2D eigenvalue weighted by Gasteiger charge is -2.32. The van der Waals surface area contributed by atoms with Gasteiger partial charge in [-0.3, -0.25) is 9.59 Å². The van der Waals surface area contributed by atoms with Crippen molar-refractivity contribution in [2.24, 2.45) is 5.92 Å². The molecule has 2 N–H and O–H groups in total. The smallest absolute Gasteiger partial charge is 0.306 e. The lowest BCUT2D eigenvalue weighted by molar-refractivity contribution is -0.146. The maximum Gasteiger partial charge on any atom is 0.306 e. The van der Waals surface area contributed by atoms with Gasteiger partial charge in [0.2, 0.25) is 5.91 Å². The largest absolute Gasteiger partial charge is 0.494 e. The molecule has 1 saturated carbocycles. The van der Waals surface area contributed by atoms with E-state index in [1.54, 1.807) is 6.07 Å². The average molecular weight is 295 g/mol. The quantitative estimate of drug-likeness (QED) is 0.838. The van der Waals surface area contributed by atoms with E-state index in [1.165, 1.54) is 19.2 Å². The van der Waals surface area contributed by atoms with Crippen molar-refractivity contribution in [1.82, 2.24) is 5.32 Å². The Morgan fingerprint density at radius 1 is 1.43 bits per heavy atom. The van der Waals surface area contributed by atoms with E-state index in [1.807, 2.05) is 0 Å². The highest BCUT2D eigenvalue weighted by Gasteiger charge is 2.35. The van der Waals surface area contributed by atoms with Gasteiger partial charge < -0.3 is 15.2 Å². The summed E-state index contributed by atoms with van der Waals surface area (Å²) in [5.74, 6) is -1.56. The van der Waals surface area contributed by atoms with Crippen LogP contribution in [0.25, 0.3) is 0 Å². The molecular weight excluding hydrogens is 277 g/mol. The van der Waals surface area contributed by atoms with Crippen molar-refractivity contribution in [2.75, 3.05) is 7.11 Å². The second-order valence-corrected chi connectivity index (χ2v) is 5.24. The molecule has 0 aliphatic heterocycles. The second kappa shape index (κ2) is 6.56. The number of carboxylic acid groups (broad SMARTS) is 1. The molecule has 5 nitrogen and oxygen atoms in total. The third-order valence-corrected chi connectivity index (χ3v) is 3.71. The predicted octanol–water partition coefficient (Wildman–Crippen LogP) is 1.75. The highest BCUT2D eigenvalue weighted by atomic mass is 19.1.